The van der Waals surface area contributed by atoms with Crippen LogP contribution in [0.2, 0.25) is 0 Å². The lowest BCUT2D eigenvalue weighted by molar-refractivity contribution is -0.135. The van der Waals surface area contributed by atoms with E-state index in [4.69, 9.17) is 4.52 Å². The van der Waals surface area contributed by atoms with Crippen molar-refractivity contribution >= 4 is 5.91 Å². The number of nitrogens with zero attached hydrogens (tertiary/aromatic N) is 2. The Labute approximate surface area is 101 Å². The van der Waals surface area contributed by atoms with Gasteiger partial charge in [0.1, 0.15) is 11.5 Å². The van der Waals surface area contributed by atoms with Crippen LogP contribution in [-0.4, -0.2) is 36.1 Å². The first-order chi connectivity index (χ1) is 8.16. The molecule has 1 aromatic rings. The standard InChI is InChI=1S/C12H19N3O2/c1-9-6-11(14-17-9)8-15(2)12(16)10-4-3-5-13-7-10/h6,10,13H,3-5,7-8H2,1-2H3/t10-/m1/s1. The molecule has 0 unspecified atom stereocenters. The van der Waals surface area contributed by atoms with E-state index >= 15 is 0 Å². The van der Waals surface area contributed by atoms with Crippen molar-refractivity contribution in [1.82, 2.24) is 15.4 Å². The van der Waals surface area contributed by atoms with Crippen LogP contribution in [0.1, 0.15) is 24.3 Å². The van der Waals surface area contributed by atoms with E-state index in [-0.39, 0.29) is 11.8 Å². The molecule has 1 aliphatic heterocycles. The molecule has 0 bridgehead atoms. The number of hydrogen-bond donors (Lipinski definition) is 1. The maximum atomic E-state index is 12.1. The smallest absolute Gasteiger partial charge is 0.227 e. The molecule has 2 heterocycles. The van der Waals surface area contributed by atoms with Gasteiger partial charge in [-0.1, -0.05) is 5.16 Å². The third-order valence-corrected chi connectivity index (χ3v) is 3.10. The zero-order chi connectivity index (χ0) is 12.3. The summed E-state index contributed by atoms with van der Waals surface area (Å²) in [6.07, 6.45) is 2.06. The second-order valence-electron chi connectivity index (χ2n) is 4.67. The van der Waals surface area contributed by atoms with Crippen LogP contribution in [0.15, 0.2) is 10.6 Å². The van der Waals surface area contributed by atoms with Crippen LogP contribution in [0.25, 0.3) is 0 Å². The van der Waals surface area contributed by atoms with Crippen molar-refractivity contribution in [3.05, 3.63) is 17.5 Å². The Balaban J connectivity index is 1.90. The molecule has 0 radical (unpaired) electrons. The summed E-state index contributed by atoms with van der Waals surface area (Å²) in [5.41, 5.74) is 0.808. The van der Waals surface area contributed by atoms with Gasteiger partial charge in [-0.25, -0.2) is 0 Å². The summed E-state index contributed by atoms with van der Waals surface area (Å²) < 4.78 is 4.99. The highest BCUT2D eigenvalue weighted by atomic mass is 16.5. The van der Waals surface area contributed by atoms with Gasteiger partial charge in [-0.2, -0.15) is 0 Å². The predicted molar refractivity (Wildman–Crippen MR) is 63.3 cm³/mol. The lowest BCUT2D eigenvalue weighted by Crippen LogP contribution is -2.41. The van der Waals surface area contributed by atoms with E-state index in [9.17, 15) is 4.79 Å². The zero-order valence-electron chi connectivity index (χ0n) is 10.4. The minimum atomic E-state index is 0.113. The fraction of sp³-hybridized carbons (Fsp3) is 0.667. The Morgan fingerprint density at radius 2 is 2.53 bits per heavy atom. The molecule has 1 aromatic heterocycles. The van der Waals surface area contributed by atoms with Crippen LogP contribution in [0, 0.1) is 12.8 Å². The van der Waals surface area contributed by atoms with Gasteiger partial charge in [-0.05, 0) is 26.3 Å². The average Bonchev–Trinajstić information content (AvgIpc) is 2.75. The SMILES string of the molecule is Cc1cc(CN(C)C(=O)[C@@H]2CCCNC2)no1. The molecule has 5 nitrogen and oxygen atoms in total. The number of rotatable bonds is 3. The second-order valence-corrected chi connectivity index (χ2v) is 4.67. The van der Waals surface area contributed by atoms with Gasteiger partial charge in [-0.15, -0.1) is 0 Å². The number of carbonyl (C=O) groups excluding carboxylic acids is 1. The van der Waals surface area contributed by atoms with Crippen molar-refractivity contribution in [3.8, 4) is 0 Å². The van der Waals surface area contributed by atoms with Gasteiger partial charge in [0.2, 0.25) is 5.91 Å². The molecule has 0 aliphatic carbocycles. The van der Waals surface area contributed by atoms with Gasteiger partial charge in [0, 0.05) is 19.7 Å². The number of amides is 1. The summed E-state index contributed by atoms with van der Waals surface area (Å²) in [4.78, 5) is 13.9. The number of hydrogen-bond acceptors (Lipinski definition) is 4. The number of nitrogens with one attached hydrogen (secondary N) is 1. The first-order valence-corrected chi connectivity index (χ1v) is 6.04. The van der Waals surface area contributed by atoms with E-state index in [2.05, 4.69) is 10.5 Å². The third-order valence-electron chi connectivity index (χ3n) is 3.10. The van der Waals surface area contributed by atoms with Crippen molar-refractivity contribution in [2.75, 3.05) is 20.1 Å². The number of carbonyl (C=O) groups is 1. The van der Waals surface area contributed by atoms with Crippen molar-refractivity contribution in [1.29, 1.82) is 0 Å². The third kappa shape index (κ3) is 3.06. The molecule has 1 aliphatic rings. The molecule has 0 spiro atoms. The molecule has 5 heteroatoms. The van der Waals surface area contributed by atoms with E-state index in [0.717, 1.165) is 37.4 Å². The summed E-state index contributed by atoms with van der Waals surface area (Å²) in [5, 5.41) is 7.16. The lowest BCUT2D eigenvalue weighted by atomic mass is 9.98. The molecule has 1 amide bonds. The van der Waals surface area contributed by atoms with Crippen molar-refractivity contribution in [3.63, 3.8) is 0 Å². The first kappa shape index (κ1) is 12.1. The Morgan fingerprint density at radius 3 is 3.12 bits per heavy atom. The van der Waals surface area contributed by atoms with Gasteiger partial charge in [0.25, 0.3) is 0 Å². The van der Waals surface area contributed by atoms with E-state index in [0.29, 0.717) is 6.54 Å². The summed E-state index contributed by atoms with van der Waals surface area (Å²) in [5.74, 6) is 1.08. The summed E-state index contributed by atoms with van der Waals surface area (Å²) >= 11 is 0. The first-order valence-electron chi connectivity index (χ1n) is 6.04. The van der Waals surface area contributed by atoms with Crippen LogP contribution < -0.4 is 5.32 Å². The van der Waals surface area contributed by atoms with Gasteiger partial charge in [-0.3, -0.25) is 4.79 Å². The Bertz CT molecular complexity index is 383. The molecule has 1 N–H and O–H groups in total. The molecule has 0 saturated carbocycles. The predicted octanol–water partition coefficient (Wildman–Crippen LogP) is 0.941. The Kier molecular flexibility index (Phi) is 3.78. The van der Waals surface area contributed by atoms with Crippen LogP contribution >= 0.6 is 0 Å². The zero-order valence-corrected chi connectivity index (χ0v) is 10.4. The Hall–Kier alpha value is -1.36. The molecule has 94 valence electrons. The molecule has 1 saturated heterocycles. The summed E-state index contributed by atoms with van der Waals surface area (Å²) in [6, 6.07) is 1.86. The van der Waals surface area contributed by atoms with Gasteiger partial charge in [0.15, 0.2) is 0 Å². The molecule has 1 atom stereocenters. The maximum Gasteiger partial charge on any atom is 0.227 e. The van der Waals surface area contributed by atoms with Gasteiger partial charge >= 0.3 is 0 Å². The number of aromatic nitrogens is 1. The average molecular weight is 237 g/mol. The monoisotopic (exact) mass is 237 g/mol. The normalized spacial score (nSPS) is 20.2. The largest absolute Gasteiger partial charge is 0.361 e. The molecule has 17 heavy (non-hydrogen) atoms. The molecular formula is C12H19N3O2. The minimum absolute atomic E-state index is 0.113. The van der Waals surface area contributed by atoms with Gasteiger partial charge in [0.05, 0.1) is 12.5 Å². The van der Waals surface area contributed by atoms with Crippen molar-refractivity contribution < 1.29 is 9.32 Å². The van der Waals surface area contributed by atoms with Crippen LogP contribution in [0.4, 0.5) is 0 Å². The fourth-order valence-corrected chi connectivity index (χ4v) is 2.19. The van der Waals surface area contributed by atoms with E-state index < -0.39 is 0 Å². The topological polar surface area (TPSA) is 58.4 Å². The van der Waals surface area contributed by atoms with Crippen LogP contribution in [-0.2, 0) is 11.3 Å². The van der Waals surface area contributed by atoms with Gasteiger partial charge < -0.3 is 14.7 Å². The van der Waals surface area contributed by atoms with Crippen molar-refractivity contribution in [2.45, 2.75) is 26.3 Å². The second kappa shape index (κ2) is 5.31. The quantitative estimate of drug-likeness (QED) is 0.850. The lowest BCUT2D eigenvalue weighted by Gasteiger charge is -2.26. The summed E-state index contributed by atoms with van der Waals surface area (Å²) in [7, 11) is 1.82. The highest BCUT2D eigenvalue weighted by Gasteiger charge is 2.24. The summed E-state index contributed by atoms with van der Waals surface area (Å²) in [6.45, 7) is 4.19. The van der Waals surface area contributed by atoms with Crippen LogP contribution in [0.5, 0.6) is 0 Å². The molecule has 2 rings (SSSR count). The maximum absolute atomic E-state index is 12.1. The van der Waals surface area contributed by atoms with E-state index in [1.807, 2.05) is 20.0 Å². The Morgan fingerprint density at radius 1 is 1.71 bits per heavy atom. The van der Waals surface area contributed by atoms with E-state index in [1.54, 1.807) is 4.90 Å². The number of aryl methyl sites for hydroxylation is 1. The van der Waals surface area contributed by atoms with Crippen LogP contribution in [0.3, 0.4) is 0 Å². The molecule has 0 aromatic carbocycles. The highest BCUT2D eigenvalue weighted by molar-refractivity contribution is 5.78. The minimum Gasteiger partial charge on any atom is -0.361 e. The highest BCUT2D eigenvalue weighted by Crippen LogP contribution is 2.14. The van der Waals surface area contributed by atoms with E-state index in [1.165, 1.54) is 0 Å². The number of piperidine rings is 1. The molecule has 1 fully saturated rings. The van der Waals surface area contributed by atoms with Crippen molar-refractivity contribution in [2.24, 2.45) is 5.92 Å². The fourth-order valence-electron chi connectivity index (χ4n) is 2.19. The molecular weight excluding hydrogens is 218 g/mol.